The van der Waals surface area contributed by atoms with Gasteiger partial charge in [0, 0.05) is 18.7 Å². The van der Waals surface area contributed by atoms with Crippen LogP contribution >= 0.6 is 0 Å². The molecule has 0 spiro atoms. The smallest absolute Gasteiger partial charge is 0.191 e. The second-order valence-electron chi connectivity index (χ2n) is 6.26. The van der Waals surface area contributed by atoms with E-state index in [-0.39, 0.29) is 12.6 Å². The van der Waals surface area contributed by atoms with Gasteiger partial charge in [-0.05, 0) is 43.2 Å². The summed E-state index contributed by atoms with van der Waals surface area (Å²) in [6, 6.07) is 12.6. The molecule has 150 valence electrons. The van der Waals surface area contributed by atoms with Gasteiger partial charge in [0.15, 0.2) is 12.8 Å². The molecule has 2 aromatic rings. The van der Waals surface area contributed by atoms with Crippen molar-refractivity contribution in [2.45, 2.75) is 20.0 Å². The van der Waals surface area contributed by atoms with E-state index >= 15 is 0 Å². The molecule has 2 aromatic carbocycles. The maximum absolute atomic E-state index is 13.8. The molecule has 2 N–H and O–H groups in total. The summed E-state index contributed by atoms with van der Waals surface area (Å²) in [5, 5.41) is 6.44. The highest BCUT2D eigenvalue weighted by molar-refractivity contribution is 5.79. The first-order valence-electron chi connectivity index (χ1n) is 9.48. The van der Waals surface area contributed by atoms with Crippen molar-refractivity contribution in [2.75, 3.05) is 33.0 Å². The molecule has 0 aliphatic carbocycles. The molecule has 0 aromatic heterocycles. The molecule has 0 radical (unpaired) electrons. The van der Waals surface area contributed by atoms with Crippen molar-refractivity contribution in [1.82, 2.24) is 10.6 Å². The summed E-state index contributed by atoms with van der Waals surface area (Å²) >= 11 is 0. The Morgan fingerprint density at radius 1 is 1.21 bits per heavy atom. The van der Waals surface area contributed by atoms with Crippen LogP contribution in [0.2, 0.25) is 0 Å². The Morgan fingerprint density at radius 3 is 2.89 bits per heavy atom. The summed E-state index contributed by atoms with van der Waals surface area (Å²) in [4.78, 5) is 4.56. The number of nitrogens with one attached hydrogen (secondary N) is 2. The van der Waals surface area contributed by atoms with Gasteiger partial charge in [-0.3, -0.25) is 4.99 Å². The van der Waals surface area contributed by atoms with Crippen LogP contribution in [-0.4, -0.2) is 39.0 Å². The van der Waals surface area contributed by atoms with E-state index in [9.17, 15) is 4.39 Å². The molecular weight excluding hydrogens is 361 g/mol. The average molecular weight is 387 g/mol. The van der Waals surface area contributed by atoms with E-state index in [0.717, 1.165) is 29.2 Å². The number of benzene rings is 2. The monoisotopic (exact) mass is 387 g/mol. The molecule has 28 heavy (non-hydrogen) atoms. The van der Waals surface area contributed by atoms with Crippen LogP contribution in [0.5, 0.6) is 11.5 Å². The summed E-state index contributed by atoms with van der Waals surface area (Å²) in [6.07, 6.45) is 0.581. The number of halogens is 1. The van der Waals surface area contributed by atoms with Crippen LogP contribution in [0.3, 0.4) is 0 Å². The molecule has 0 unspecified atom stereocenters. The van der Waals surface area contributed by atoms with E-state index in [1.165, 1.54) is 12.1 Å². The first kappa shape index (κ1) is 19.9. The number of ether oxygens (including phenoxy) is 3. The van der Waals surface area contributed by atoms with Crippen molar-refractivity contribution in [3.8, 4) is 11.5 Å². The lowest BCUT2D eigenvalue weighted by molar-refractivity contribution is -0.0172. The summed E-state index contributed by atoms with van der Waals surface area (Å²) < 4.78 is 30.3. The minimum Gasteiger partial charge on any atom is -0.492 e. The average Bonchev–Trinajstić information content (AvgIpc) is 2.71. The number of nitrogens with zero attached hydrogens (tertiary/aromatic N) is 1. The van der Waals surface area contributed by atoms with Gasteiger partial charge in [-0.15, -0.1) is 0 Å². The van der Waals surface area contributed by atoms with Gasteiger partial charge in [0.05, 0.1) is 13.2 Å². The van der Waals surface area contributed by atoms with E-state index in [1.807, 2.05) is 37.3 Å². The highest BCUT2D eigenvalue weighted by Gasteiger charge is 2.16. The molecule has 3 rings (SSSR count). The van der Waals surface area contributed by atoms with Crippen LogP contribution in [0.4, 0.5) is 4.39 Å². The van der Waals surface area contributed by atoms with E-state index in [0.29, 0.717) is 38.7 Å². The Balaban J connectivity index is 1.51. The molecule has 1 aliphatic rings. The first-order chi connectivity index (χ1) is 13.8. The molecule has 0 bridgehead atoms. The van der Waals surface area contributed by atoms with Crippen molar-refractivity contribution in [1.29, 1.82) is 0 Å². The molecule has 0 amide bonds. The molecule has 0 atom stereocenters. The zero-order valence-electron chi connectivity index (χ0n) is 16.0. The Morgan fingerprint density at radius 2 is 2.07 bits per heavy atom. The third-order valence-electron chi connectivity index (χ3n) is 4.15. The molecule has 0 saturated carbocycles. The van der Waals surface area contributed by atoms with E-state index in [2.05, 4.69) is 15.6 Å². The highest BCUT2D eigenvalue weighted by Crippen LogP contribution is 2.29. The van der Waals surface area contributed by atoms with Crippen LogP contribution in [-0.2, 0) is 17.8 Å². The Labute approximate surface area is 164 Å². The topological polar surface area (TPSA) is 64.1 Å². The fourth-order valence-corrected chi connectivity index (χ4v) is 2.93. The zero-order valence-corrected chi connectivity index (χ0v) is 16.0. The van der Waals surface area contributed by atoms with Crippen molar-refractivity contribution < 1.29 is 18.6 Å². The van der Waals surface area contributed by atoms with Crippen molar-refractivity contribution in [3.63, 3.8) is 0 Å². The number of aliphatic imine (C=N–C) groups is 1. The number of para-hydroxylation sites is 1. The van der Waals surface area contributed by atoms with Gasteiger partial charge in [-0.2, -0.15) is 0 Å². The zero-order chi connectivity index (χ0) is 19.6. The van der Waals surface area contributed by atoms with Crippen LogP contribution in [0, 0.1) is 5.82 Å². The first-order valence-corrected chi connectivity index (χ1v) is 9.48. The van der Waals surface area contributed by atoms with Crippen LogP contribution in [0.25, 0.3) is 0 Å². The predicted octanol–water partition coefficient (Wildman–Crippen LogP) is 2.87. The van der Waals surface area contributed by atoms with E-state index in [4.69, 9.17) is 14.2 Å². The van der Waals surface area contributed by atoms with Gasteiger partial charge in [0.2, 0.25) is 0 Å². The normalized spacial score (nSPS) is 13.4. The van der Waals surface area contributed by atoms with Crippen molar-refractivity contribution in [2.24, 2.45) is 4.99 Å². The minimum absolute atomic E-state index is 0.195. The quantitative estimate of drug-likeness (QED) is 0.414. The van der Waals surface area contributed by atoms with Gasteiger partial charge in [0.1, 0.15) is 23.9 Å². The standard InChI is InChI=1S/C21H26FN3O3/c1-2-23-21(25-10-11-27-19-6-4-3-5-7-19)24-9-8-16-12-18(22)13-17-14-26-15-28-20(16)17/h3-7,12-13H,2,8-11,14-15H2,1H3,(H2,23,24,25). The van der Waals surface area contributed by atoms with Gasteiger partial charge >= 0.3 is 0 Å². The summed E-state index contributed by atoms with van der Waals surface area (Å²) in [5.41, 5.74) is 1.55. The fourth-order valence-electron chi connectivity index (χ4n) is 2.93. The van der Waals surface area contributed by atoms with E-state index < -0.39 is 0 Å². The third kappa shape index (κ3) is 5.85. The highest BCUT2D eigenvalue weighted by atomic mass is 19.1. The number of guanidine groups is 1. The Kier molecular flexibility index (Phi) is 7.49. The van der Waals surface area contributed by atoms with E-state index in [1.54, 1.807) is 0 Å². The Bertz CT molecular complexity index is 784. The number of hydrogen-bond acceptors (Lipinski definition) is 4. The molecule has 0 fully saturated rings. The number of rotatable bonds is 8. The molecule has 0 saturated heterocycles. The summed E-state index contributed by atoms with van der Waals surface area (Å²) in [5.74, 6) is 1.98. The molecule has 7 heteroatoms. The maximum Gasteiger partial charge on any atom is 0.191 e. The minimum atomic E-state index is -0.282. The summed E-state index contributed by atoms with van der Waals surface area (Å²) in [7, 11) is 0. The van der Waals surface area contributed by atoms with Crippen LogP contribution < -0.4 is 20.1 Å². The second-order valence-corrected chi connectivity index (χ2v) is 6.26. The lowest BCUT2D eigenvalue weighted by Crippen LogP contribution is -2.39. The van der Waals surface area contributed by atoms with Crippen molar-refractivity contribution in [3.05, 3.63) is 59.4 Å². The fraction of sp³-hybridized carbons (Fsp3) is 0.381. The lowest BCUT2D eigenvalue weighted by atomic mass is 10.1. The SMILES string of the molecule is CCNC(=NCCc1cc(F)cc2c1OCOC2)NCCOc1ccccc1. The molecular formula is C21H26FN3O3. The largest absolute Gasteiger partial charge is 0.492 e. The van der Waals surface area contributed by atoms with Gasteiger partial charge in [-0.25, -0.2) is 4.39 Å². The predicted molar refractivity (Wildman–Crippen MR) is 106 cm³/mol. The van der Waals surface area contributed by atoms with Gasteiger partial charge in [-0.1, -0.05) is 18.2 Å². The van der Waals surface area contributed by atoms with Crippen molar-refractivity contribution >= 4 is 5.96 Å². The third-order valence-corrected chi connectivity index (χ3v) is 4.15. The lowest BCUT2D eigenvalue weighted by Gasteiger charge is -2.20. The van der Waals surface area contributed by atoms with Crippen LogP contribution in [0.15, 0.2) is 47.5 Å². The molecule has 6 nitrogen and oxygen atoms in total. The summed E-state index contributed by atoms with van der Waals surface area (Å²) in [6.45, 7) is 4.98. The molecule has 1 heterocycles. The number of fused-ring (bicyclic) bond motifs is 1. The maximum atomic E-state index is 13.8. The number of hydrogen-bond donors (Lipinski definition) is 2. The second kappa shape index (κ2) is 10.5. The Hall–Kier alpha value is -2.80. The van der Waals surface area contributed by atoms with Gasteiger partial charge in [0.25, 0.3) is 0 Å². The van der Waals surface area contributed by atoms with Crippen LogP contribution in [0.1, 0.15) is 18.1 Å². The van der Waals surface area contributed by atoms with Gasteiger partial charge < -0.3 is 24.8 Å². The molecule has 1 aliphatic heterocycles.